The molecule has 430 valence electrons. The summed E-state index contributed by atoms with van der Waals surface area (Å²) in [5, 5.41) is 141. The highest BCUT2D eigenvalue weighted by molar-refractivity contribution is 5.40. The summed E-state index contributed by atoms with van der Waals surface area (Å²) in [5.41, 5.74) is -0.337. The Hall–Kier alpha value is -1.14. The quantitative estimate of drug-likeness (QED) is 0.0575. The second kappa shape index (κ2) is 20.4. The molecule has 4 saturated carbocycles. The van der Waals surface area contributed by atoms with Crippen molar-refractivity contribution in [3.63, 3.8) is 0 Å². The number of fused-ring (bicyclic) bond motifs is 10. The molecule has 9 fully saturated rings. The number of allylic oxidation sites excluding steroid dienone is 1. The summed E-state index contributed by atoms with van der Waals surface area (Å²) < 4.78 is 55.9. The summed E-state index contributed by atoms with van der Waals surface area (Å²) in [7, 11) is 0. The summed E-state index contributed by atoms with van der Waals surface area (Å²) in [5.74, 6) is 0.499. The summed E-state index contributed by atoms with van der Waals surface area (Å²) in [6.45, 7) is 13.4. The molecule has 0 aromatic heterocycles. The highest BCUT2D eigenvalue weighted by Crippen LogP contribution is 2.79. The molecule has 75 heavy (non-hydrogen) atoms. The molecule has 22 nitrogen and oxygen atoms in total. The van der Waals surface area contributed by atoms with Crippen molar-refractivity contribution in [1.29, 1.82) is 0 Å². The zero-order valence-corrected chi connectivity index (χ0v) is 44.2. The maximum Gasteiger partial charge on any atom is 0.187 e. The fourth-order valence-electron chi connectivity index (χ4n) is 16.8. The number of hydrogen-bond donors (Lipinski definition) is 13. The van der Waals surface area contributed by atoms with Crippen LogP contribution in [0, 0.1) is 50.2 Å². The van der Waals surface area contributed by atoms with E-state index in [1.54, 1.807) is 0 Å². The molecule has 0 bridgehead atoms. The van der Waals surface area contributed by atoms with Gasteiger partial charge in [0.2, 0.25) is 0 Å². The van der Waals surface area contributed by atoms with Gasteiger partial charge in [-0.15, -0.1) is 0 Å². The van der Waals surface area contributed by atoms with Crippen molar-refractivity contribution in [1.82, 2.24) is 0 Å². The lowest BCUT2D eigenvalue weighted by atomic mass is 9.33. The first-order chi connectivity index (χ1) is 35.3. The van der Waals surface area contributed by atoms with Crippen LogP contribution in [0.2, 0.25) is 0 Å². The average Bonchev–Trinajstić information content (AvgIpc) is 4.21. The molecule has 5 heterocycles. The van der Waals surface area contributed by atoms with Gasteiger partial charge in [-0.2, -0.15) is 0 Å². The van der Waals surface area contributed by atoms with Crippen LogP contribution in [0.3, 0.4) is 0 Å². The first-order valence-corrected chi connectivity index (χ1v) is 27.4. The molecule has 0 aromatic rings. The largest absolute Gasteiger partial charge is 0.396 e. The third-order valence-corrected chi connectivity index (χ3v) is 21.7. The lowest BCUT2D eigenvalue weighted by Crippen LogP contribution is -2.68. The summed E-state index contributed by atoms with van der Waals surface area (Å²) in [4.78, 5) is 0. The van der Waals surface area contributed by atoms with Gasteiger partial charge in [0.15, 0.2) is 25.2 Å². The second-order valence-corrected chi connectivity index (χ2v) is 25.9. The molecule has 0 amide bonds. The predicted octanol–water partition coefficient (Wildman–Crippen LogP) is -1.94. The van der Waals surface area contributed by atoms with Gasteiger partial charge < -0.3 is 109 Å². The average molecular weight is 1080 g/mol. The van der Waals surface area contributed by atoms with Gasteiger partial charge >= 0.3 is 0 Å². The van der Waals surface area contributed by atoms with Gasteiger partial charge in [-0.1, -0.05) is 53.2 Å². The van der Waals surface area contributed by atoms with Crippen molar-refractivity contribution < 1.29 is 109 Å². The number of ether oxygens (including phenoxy) is 9. The molecule has 10 rings (SSSR count). The molecule has 0 unspecified atom stereocenters. The molecule has 5 aliphatic heterocycles. The fourth-order valence-corrected chi connectivity index (χ4v) is 16.8. The van der Waals surface area contributed by atoms with Gasteiger partial charge in [-0.05, 0) is 97.7 Å². The molecule has 13 N–H and O–H groups in total. The first-order valence-electron chi connectivity index (χ1n) is 27.4. The minimum atomic E-state index is -1.88. The van der Waals surface area contributed by atoms with E-state index < -0.39 is 148 Å². The van der Waals surface area contributed by atoms with Gasteiger partial charge in [0, 0.05) is 17.4 Å². The Morgan fingerprint density at radius 1 is 0.560 bits per heavy atom. The number of aliphatic hydroxyl groups excluding tert-OH is 13. The Bertz CT molecular complexity index is 2070. The molecular weight excluding hydrogens is 989 g/mol. The molecule has 5 aliphatic carbocycles. The Morgan fingerprint density at radius 2 is 1.17 bits per heavy atom. The topological polar surface area (TPSA) is 349 Å². The van der Waals surface area contributed by atoms with E-state index in [1.165, 1.54) is 12.5 Å². The van der Waals surface area contributed by atoms with Crippen molar-refractivity contribution in [2.75, 3.05) is 33.0 Å². The van der Waals surface area contributed by atoms with Gasteiger partial charge in [0.25, 0.3) is 0 Å². The molecule has 10 aliphatic rings. The van der Waals surface area contributed by atoms with E-state index in [1.807, 2.05) is 0 Å². The van der Waals surface area contributed by atoms with Gasteiger partial charge in [-0.3, -0.25) is 0 Å². The van der Waals surface area contributed by atoms with Crippen LogP contribution in [-0.2, 0) is 42.6 Å². The van der Waals surface area contributed by atoms with E-state index in [0.717, 1.165) is 44.9 Å². The molecule has 22 heteroatoms. The van der Waals surface area contributed by atoms with Crippen LogP contribution in [0.1, 0.15) is 99.8 Å². The molecular formula is C53H86O22. The minimum Gasteiger partial charge on any atom is -0.396 e. The van der Waals surface area contributed by atoms with Crippen LogP contribution in [-0.4, -0.2) is 234 Å². The Balaban J connectivity index is 0.907. The van der Waals surface area contributed by atoms with Gasteiger partial charge in [0.1, 0.15) is 85.5 Å². The Kier molecular flexibility index (Phi) is 15.5. The smallest absolute Gasteiger partial charge is 0.187 e. The third kappa shape index (κ3) is 8.80. The van der Waals surface area contributed by atoms with E-state index in [-0.39, 0.29) is 70.3 Å². The van der Waals surface area contributed by atoms with Crippen LogP contribution in [0.5, 0.6) is 0 Å². The van der Waals surface area contributed by atoms with Crippen molar-refractivity contribution in [3.8, 4) is 0 Å². The summed E-state index contributed by atoms with van der Waals surface area (Å²) in [6.07, 6.45) is -22.7. The zero-order chi connectivity index (χ0) is 54.3. The van der Waals surface area contributed by atoms with Crippen molar-refractivity contribution in [3.05, 3.63) is 11.6 Å². The summed E-state index contributed by atoms with van der Waals surface area (Å²) in [6, 6.07) is 0. The van der Waals surface area contributed by atoms with Crippen LogP contribution in [0.25, 0.3) is 0 Å². The van der Waals surface area contributed by atoms with Gasteiger partial charge in [0.05, 0.1) is 50.8 Å². The van der Waals surface area contributed by atoms with Crippen molar-refractivity contribution in [2.45, 2.75) is 235 Å². The standard InChI is InChI=1S/C53H86O22/c1-22-31(58)35(62)38(65)44(68-22)74-41-37(64)33(60)26(18-55)70-47(41)71-27-19-67-46(40(34(27)61)73-45-39(66)36(63)32(59)25(17-54)69-45)72-30-11-12-50(5)28(48(30,2)3)10-13-51(6)29(50)9-8-23-24-16-49(4,20-56)14-15-53(24,21-57)43-42(75-43)52(23,51)7/h8,22,24-47,54-66H,9-21H2,1-7H3/t22-,24+,25-,26-,27+,28+,29-,30+,31-,32-,33-,34+,35+,36+,37+,38+,39-,40-,41-,42+,43-,44-,45+,46+,47+,49+,50+,51-,52+,53-/m1/s1. The minimum absolute atomic E-state index is 0.0166. The molecule has 0 radical (unpaired) electrons. The van der Waals surface area contributed by atoms with Crippen LogP contribution < -0.4 is 0 Å². The fraction of sp³-hybridized carbons (Fsp3) is 0.962. The molecule has 0 aromatic carbocycles. The van der Waals surface area contributed by atoms with E-state index >= 15 is 0 Å². The van der Waals surface area contributed by atoms with E-state index in [0.29, 0.717) is 6.42 Å². The molecule has 30 atom stereocenters. The Morgan fingerprint density at radius 3 is 1.81 bits per heavy atom. The van der Waals surface area contributed by atoms with Gasteiger partial charge in [-0.25, -0.2) is 0 Å². The SMILES string of the molecule is C[C@H]1O[C@H](O[C@H]2[C@H](O[C@H]3CO[C@@H](O[C@H]4CC[C@]5(C)[C@H]6CC=C7[C@@H]8C[C@@](C)(CO)CC[C@]8(CO)[C@@H]8O[C@@H]8[C@@]7(C)[C@]6(C)CC[C@H]5C4(C)C)[C@H](O[C@@H]4O[C@H](CO)[C@@H](O)[C@H](O)[C@H]4O)[C@H]3O)O[C@H](CO)[C@@H](O)[C@@H]2O)[C@@H](O)[C@@H](O)[C@@H]1O. The Labute approximate surface area is 437 Å². The lowest BCUT2D eigenvalue weighted by molar-refractivity contribution is -0.394. The number of hydrogen-bond acceptors (Lipinski definition) is 22. The molecule has 0 spiro atoms. The van der Waals surface area contributed by atoms with E-state index in [4.69, 9.17) is 42.6 Å². The number of aliphatic hydroxyl groups is 13. The second-order valence-electron chi connectivity index (χ2n) is 25.9. The van der Waals surface area contributed by atoms with E-state index in [9.17, 15) is 66.4 Å². The highest BCUT2D eigenvalue weighted by atomic mass is 16.8. The first kappa shape index (κ1) is 57.1. The maximum atomic E-state index is 12.4. The van der Waals surface area contributed by atoms with Crippen LogP contribution in [0.4, 0.5) is 0 Å². The monoisotopic (exact) mass is 1070 g/mol. The molecule has 5 saturated heterocycles. The van der Waals surface area contributed by atoms with Crippen molar-refractivity contribution in [2.24, 2.45) is 50.2 Å². The van der Waals surface area contributed by atoms with E-state index in [2.05, 4.69) is 47.6 Å². The van der Waals surface area contributed by atoms with Crippen LogP contribution >= 0.6 is 0 Å². The normalized spacial score (nSPS) is 57.3. The third-order valence-electron chi connectivity index (χ3n) is 21.7. The number of epoxide rings is 1. The van der Waals surface area contributed by atoms with Crippen molar-refractivity contribution >= 4 is 0 Å². The number of rotatable bonds is 12. The maximum absolute atomic E-state index is 12.4. The zero-order valence-electron chi connectivity index (χ0n) is 44.2. The summed E-state index contributed by atoms with van der Waals surface area (Å²) >= 11 is 0. The highest BCUT2D eigenvalue weighted by Gasteiger charge is 2.78. The predicted molar refractivity (Wildman–Crippen MR) is 256 cm³/mol. The van der Waals surface area contributed by atoms with Crippen LogP contribution in [0.15, 0.2) is 11.6 Å². The lowest BCUT2D eigenvalue weighted by Gasteiger charge is -2.70.